The number of alkyl halides is 2. The van der Waals surface area contributed by atoms with Gasteiger partial charge >= 0.3 is 6.61 Å². The highest BCUT2D eigenvalue weighted by atomic mass is 19.3. The molecule has 1 aromatic carbocycles. The van der Waals surface area contributed by atoms with Crippen LogP contribution >= 0.6 is 0 Å². The second-order valence-corrected chi connectivity index (χ2v) is 4.33. The van der Waals surface area contributed by atoms with E-state index in [-0.39, 0.29) is 23.0 Å². The van der Waals surface area contributed by atoms with E-state index >= 15 is 0 Å². The van der Waals surface area contributed by atoms with Crippen LogP contribution in [0.2, 0.25) is 0 Å². The molecule has 0 spiro atoms. The van der Waals surface area contributed by atoms with Crippen molar-refractivity contribution in [2.24, 2.45) is 0 Å². The van der Waals surface area contributed by atoms with Gasteiger partial charge in [-0.2, -0.15) is 8.78 Å². The highest BCUT2D eigenvalue weighted by molar-refractivity contribution is 5.97. The molecule has 0 heterocycles. The number of nitrogens with one attached hydrogen (secondary N) is 2. The lowest BCUT2D eigenvalue weighted by atomic mass is 10.1. The molecule has 6 nitrogen and oxygen atoms in total. The fourth-order valence-corrected chi connectivity index (χ4v) is 1.68. The Morgan fingerprint density at radius 3 is 2.50 bits per heavy atom. The summed E-state index contributed by atoms with van der Waals surface area (Å²) in [5.74, 6) is -1.02. The monoisotopic (exact) mass is 316 g/mol. The zero-order valence-electron chi connectivity index (χ0n) is 12.5. The van der Waals surface area contributed by atoms with Crippen molar-refractivity contribution in [2.75, 3.05) is 13.7 Å². The van der Waals surface area contributed by atoms with E-state index in [0.29, 0.717) is 6.54 Å². The number of carbonyl (C=O) groups is 2. The molecular formula is C14H18F2N2O4. The summed E-state index contributed by atoms with van der Waals surface area (Å²) < 4.78 is 33.6. The second kappa shape index (κ2) is 8.16. The Hall–Kier alpha value is -2.38. The Morgan fingerprint density at radius 2 is 1.95 bits per heavy atom. The van der Waals surface area contributed by atoms with Crippen LogP contribution in [0.25, 0.3) is 0 Å². The van der Waals surface area contributed by atoms with Gasteiger partial charge < -0.3 is 20.1 Å². The van der Waals surface area contributed by atoms with Gasteiger partial charge in [-0.15, -0.1) is 0 Å². The number of hydrogen-bond acceptors (Lipinski definition) is 4. The molecule has 0 aromatic heterocycles. The molecular weight excluding hydrogens is 298 g/mol. The van der Waals surface area contributed by atoms with Gasteiger partial charge in [-0.1, -0.05) is 0 Å². The van der Waals surface area contributed by atoms with Crippen LogP contribution in [0.3, 0.4) is 0 Å². The molecule has 1 aromatic rings. The first-order valence-electron chi connectivity index (χ1n) is 6.60. The summed E-state index contributed by atoms with van der Waals surface area (Å²) in [7, 11) is 1.27. The maximum atomic E-state index is 12.2. The molecule has 8 heteroatoms. The van der Waals surface area contributed by atoms with Gasteiger partial charge in [0.15, 0.2) is 11.5 Å². The van der Waals surface area contributed by atoms with Crippen molar-refractivity contribution in [2.45, 2.75) is 26.5 Å². The van der Waals surface area contributed by atoms with E-state index in [4.69, 9.17) is 4.74 Å². The van der Waals surface area contributed by atoms with Crippen molar-refractivity contribution in [3.05, 3.63) is 23.8 Å². The minimum atomic E-state index is -2.99. The normalized spacial score (nSPS) is 11.7. The summed E-state index contributed by atoms with van der Waals surface area (Å²) in [6, 6.07) is 3.05. The molecule has 0 fully saturated rings. The van der Waals surface area contributed by atoms with Crippen LogP contribution in [0.4, 0.5) is 8.78 Å². The predicted molar refractivity (Wildman–Crippen MR) is 75.2 cm³/mol. The number of hydrogen-bond donors (Lipinski definition) is 2. The number of rotatable bonds is 7. The first-order valence-corrected chi connectivity index (χ1v) is 6.60. The van der Waals surface area contributed by atoms with Crippen molar-refractivity contribution in [1.82, 2.24) is 10.6 Å². The van der Waals surface area contributed by atoms with Gasteiger partial charge in [0.1, 0.15) is 6.04 Å². The highest BCUT2D eigenvalue weighted by Gasteiger charge is 2.18. The van der Waals surface area contributed by atoms with E-state index in [2.05, 4.69) is 15.4 Å². The summed E-state index contributed by atoms with van der Waals surface area (Å²) >= 11 is 0. The Labute approximate surface area is 126 Å². The van der Waals surface area contributed by atoms with Crippen LogP contribution in [-0.4, -0.2) is 38.1 Å². The molecule has 1 rings (SSSR count). The Bertz CT molecular complexity index is 538. The minimum absolute atomic E-state index is 0.00128. The number of carbonyl (C=O) groups excluding carboxylic acids is 2. The van der Waals surface area contributed by atoms with Gasteiger partial charge in [-0.3, -0.25) is 9.59 Å². The molecule has 0 aliphatic carbocycles. The number of amides is 2. The highest BCUT2D eigenvalue weighted by Crippen LogP contribution is 2.29. The van der Waals surface area contributed by atoms with Gasteiger partial charge in [-0.05, 0) is 32.0 Å². The zero-order valence-corrected chi connectivity index (χ0v) is 12.5. The lowest BCUT2D eigenvalue weighted by Gasteiger charge is -2.15. The maximum absolute atomic E-state index is 12.2. The number of benzene rings is 1. The van der Waals surface area contributed by atoms with E-state index in [9.17, 15) is 18.4 Å². The summed E-state index contributed by atoms with van der Waals surface area (Å²) in [4.78, 5) is 23.6. The van der Waals surface area contributed by atoms with Crippen molar-refractivity contribution in [1.29, 1.82) is 0 Å². The SMILES string of the molecule is CCNC(=O)[C@H](C)NC(=O)c1ccc(OC(F)F)c(OC)c1. The number of halogens is 2. The van der Waals surface area contributed by atoms with Crippen molar-refractivity contribution in [3.63, 3.8) is 0 Å². The van der Waals surface area contributed by atoms with E-state index in [1.165, 1.54) is 32.2 Å². The van der Waals surface area contributed by atoms with Crippen molar-refractivity contribution in [3.8, 4) is 11.5 Å². The van der Waals surface area contributed by atoms with Gasteiger partial charge in [0.2, 0.25) is 5.91 Å². The standard InChI is InChI=1S/C14H18F2N2O4/c1-4-17-12(19)8(2)18-13(20)9-5-6-10(22-14(15)16)11(7-9)21-3/h5-8,14H,4H2,1-3H3,(H,17,19)(H,18,20)/t8-/m0/s1. The number of likely N-dealkylation sites (N-methyl/N-ethyl adjacent to an activating group) is 1. The molecule has 0 aliphatic rings. The molecule has 0 radical (unpaired) electrons. The molecule has 2 N–H and O–H groups in total. The molecule has 0 aliphatic heterocycles. The maximum Gasteiger partial charge on any atom is 0.387 e. The van der Waals surface area contributed by atoms with Gasteiger partial charge in [-0.25, -0.2) is 0 Å². The summed E-state index contributed by atoms with van der Waals surface area (Å²) in [5, 5.41) is 5.07. The quantitative estimate of drug-likeness (QED) is 0.800. The van der Waals surface area contributed by atoms with Crippen LogP contribution in [0, 0.1) is 0 Å². The second-order valence-electron chi connectivity index (χ2n) is 4.33. The average molecular weight is 316 g/mol. The fraction of sp³-hybridized carbons (Fsp3) is 0.429. The molecule has 1 atom stereocenters. The fourth-order valence-electron chi connectivity index (χ4n) is 1.68. The lowest BCUT2D eigenvalue weighted by Crippen LogP contribution is -2.44. The van der Waals surface area contributed by atoms with Crippen LogP contribution in [0.1, 0.15) is 24.2 Å². The number of ether oxygens (including phenoxy) is 2. The van der Waals surface area contributed by atoms with Crippen LogP contribution in [-0.2, 0) is 4.79 Å². The third kappa shape index (κ3) is 4.87. The van der Waals surface area contributed by atoms with Gasteiger partial charge in [0.25, 0.3) is 5.91 Å². The summed E-state index contributed by atoms with van der Waals surface area (Å²) in [6.45, 7) is 0.756. The van der Waals surface area contributed by atoms with E-state index in [1.54, 1.807) is 6.92 Å². The predicted octanol–water partition coefficient (Wildman–Crippen LogP) is 1.55. The van der Waals surface area contributed by atoms with E-state index in [1.807, 2.05) is 0 Å². The molecule has 0 unspecified atom stereocenters. The van der Waals surface area contributed by atoms with E-state index < -0.39 is 18.6 Å². The Balaban J connectivity index is 2.84. The number of methoxy groups -OCH3 is 1. The average Bonchev–Trinajstić information content (AvgIpc) is 2.47. The largest absolute Gasteiger partial charge is 0.493 e. The zero-order chi connectivity index (χ0) is 16.7. The summed E-state index contributed by atoms with van der Waals surface area (Å²) in [5.41, 5.74) is 0.162. The molecule has 0 saturated carbocycles. The van der Waals surface area contributed by atoms with Crippen molar-refractivity contribution >= 4 is 11.8 Å². The third-order valence-corrected chi connectivity index (χ3v) is 2.73. The molecule has 0 saturated heterocycles. The van der Waals surface area contributed by atoms with Gasteiger partial charge in [0.05, 0.1) is 7.11 Å². The molecule has 0 bridgehead atoms. The van der Waals surface area contributed by atoms with Crippen molar-refractivity contribution < 1.29 is 27.8 Å². The lowest BCUT2D eigenvalue weighted by molar-refractivity contribution is -0.122. The van der Waals surface area contributed by atoms with Crippen LogP contribution in [0.15, 0.2) is 18.2 Å². The molecule has 22 heavy (non-hydrogen) atoms. The van der Waals surface area contributed by atoms with Crippen LogP contribution in [0.5, 0.6) is 11.5 Å². The molecule has 2 amide bonds. The third-order valence-electron chi connectivity index (χ3n) is 2.73. The summed E-state index contributed by atoms with van der Waals surface area (Å²) in [6.07, 6.45) is 0. The van der Waals surface area contributed by atoms with E-state index in [0.717, 1.165) is 0 Å². The van der Waals surface area contributed by atoms with Gasteiger partial charge in [0, 0.05) is 12.1 Å². The topological polar surface area (TPSA) is 76.7 Å². The molecule has 122 valence electrons. The Kier molecular flexibility index (Phi) is 6.55. The minimum Gasteiger partial charge on any atom is -0.493 e. The first kappa shape index (κ1) is 17.7. The smallest absolute Gasteiger partial charge is 0.387 e. The first-order chi connectivity index (χ1) is 10.4. The van der Waals surface area contributed by atoms with Crippen LogP contribution < -0.4 is 20.1 Å². The Morgan fingerprint density at radius 1 is 1.27 bits per heavy atom.